The second kappa shape index (κ2) is 1.89. The Morgan fingerprint density at radius 1 is 2.00 bits per heavy atom. The number of rotatable bonds is 0. The molecule has 1 aromatic heterocycles. The average molecular weight is 126 g/mol. The third-order valence-electron chi connectivity index (χ3n) is 0.921. The van der Waals surface area contributed by atoms with Crippen LogP contribution in [0.1, 0.15) is 6.93 Å². The molecule has 0 radical (unpaired) electrons. The summed E-state index contributed by atoms with van der Waals surface area (Å²) in [5.41, 5.74) is 5.34. The van der Waals surface area contributed by atoms with Crippen molar-refractivity contribution in [1.29, 1.82) is 0 Å². The summed E-state index contributed by atoms with van der Waals surface area (Å²) in [5, 5.41) is 0. The zero-order valence-electron chi connectivity index (χ0n) is 5.72. The van der Waals surface area contributed by atoms with Crippen molar-refractivity contribution in [3.63, 3.8) is 0 Å². The lowest BCUT2D eigenvalue weighted by atomic mass is 10.4. The molecule has 1 rings (SSSR count). The molecular formula is C5H7N3O. The molecule has 0 spiro atoms. The lowest BCUT2D eigenvalue weighted by Gasteiger charge is -1.92. The number of nitrogen functional groups attached to an aromatic ring is 1. The molecule has 0 aliphatic rings. The molecule has 3 N–H and O–H groups in total. The first kappa shape index (κ1) is 4.55. The Bertz CT molecular complexity index is 282. The number of nitrogens with two attached hydrogens (primary N) is 1. The molecule has 0 aliphatic heterocycles. The topological polar surface area (TPSA) is 71.8 Å². The molecule has 0 fully saturated rings. The Morgan fingerprint density at radius 2 is 2.78 bits per heavy atom. The molecule has 0 bridgehead atoms. The van der Waals surface area contributed by atoms with E-state index in [0.717, 1.165) is 0 Å². The van der Waals surface area contributed by atoms with Crippen LogP contribution in [0.2, 0.25) is 0 Å². The van der Waals surface area contributed by atoms with E-state index < -0.39 is 5.69 Å². The number of aromatic amines is 1. The van der Waals surface area contributed by atoms with Crippen molar-refractivity contribution in [2.24, 2.45) is 0 Å². The zero-order valence-corrected chi connectivity index (χ0v) is 4.72. The zero-order chi connectivity index (χ0) is 7.56. The molecule has 0 unspecified atom stereocenters. The summed E-state index contributed by atoms with van der Waals surface area (Å²) >= 11 is 0. The highest BCUT2D eigenvalue weighted by Crippen LogP contribution is 1.97. The van der Waals surface area contributed by atoms with Crippen LogP contribution in [0.4, 0.5) is 5.82 Å². The molecule has 4 nitrogen and oxygen atoms in total. The maximum absolute atomic E-state index is 10.5. The molecule has 0 saturated heterocycles. The lowest BCUT2D eigenvalue weighted by Crippen LogP contribution is -2.12. The fraction of sp³-hybridized carbons (Fsp3) is 0.200. The second-order valence-electron chi connectivity index (χ2n) is 1.62. The van der Waals surface area contributed by atoms with Crippen LogP contribution in [-0.4, -0.2) is 9.97 Å². The molecule has 1 aromatic rings. The third kappa shape index (κ3) is 1.07. The van der Waals surface area contributed by atoms with E-state index >= 15 is 0 Å². The Hall–Kier alpha value is -1.32. The van der Waals surface area contributed by atoms with Gasteiger partial charge < -0.3 is 10.7 Å². The number of aryl methyl sites for hydroxylation is 1. The van der Waals surface area contributed by atoms with Gasteiger partial charge in [-0.2, -0.15) is 4.98 Å². The Kier molecular flexibility index (Phi) is 0.955. The summed E-state index contributed by atoms with van der Waals surface area (Å²) in [6.07, 6.45) is 1.40. The fourth-order valence-electron chi connectivity index (χ4n) is 0.436. The molecule has 4 heteroatoms. The fourth-order valence-corrected chi connectivity index (χ4v) is 0.436. The van der Waals surface area contributed by atoms with Crippen LogP contribution >= 0.6 is 0 Å². The van der Waals surface area contributed by atoms with Crippen molar-refractivity contribution in [3.8, 4) is 0 Å². The SMILES string of the molecule is [2H]Cc1c[nH]c(=O)nc1N. The van der Waals surface area contributed by atoms with Gasteiger partial charge in [-0.1, -0.05) is 0 Å². The standard InChI is InChI=1S/C5H7N3O/c1-3-2-7-5(9)8-4(3)6/h2H,1H3,(H3,6,7,8,9)/i1D. The van der Waals surface area contributed by atoms with Crippen LogP contribution < -0.4 is 11.4 Å². The van der Waals surface area contributed by atoms with Gasteiger partial charge in [0.2, 0.25) is 0 Å². The van der Waals surface area contributed by atoms with Crippen LogP contribution in [0, 0.1) is 6.90 Å². The summed E-state index contributed by atoms with van der Waals surface area (Å²) < 4.78 is 6.91. The highest BCUT2D eigenvalue weighted by atomic mass is 16.1. The Labute approximate surface area is 53.1 Å². The van der Waals surface area contributed by atoms with E-state index in [1.165, 1.54) is 6.20 Å². The predicted octanol–water partition coefficient (Wildman–Crippen LogP) is -0.339. The van der Waals surface area contributed by atoms with E-state index in [4.69, 9.17) is 7.10 Å². The number of hydrogen-bond acceptors (Lipinski definition) is 3. The molecule has 0 atom stereocenters. The summed E-state index contributed by atoms with van der Waals surface area (Å²) in [4.78, 5) is 16.2. The first-order valence-corrected chi connectivity index (χ1v) is 2.37. The molecule has 0 aliphatic carbocycles. The first-order valence-electron chi connectivity index (χ1n) is 3.08. The number of nitrogens with one attached hydrogen (secondary N) is 1. The maximum Gasteiger partial charge on any atom is 0.346 e. The molecule has 1 heterocycles. The van der Waals surface area contributed by atoms with Gasteiger partial charge in [0.15, 0.2) is 0 Å². The molecule has 48 valence electrons. The van der Waals surface area contributed by atoms with Gasteiger partial charge in [-0.05, 0) is 6.90 Å². The van der Waals surface area contributed by atoms with Gasteiger partial charge in [-0.25, -0.2) is 4.79 Å². The summed E-state index contributed by atoms with van der Waals surface area (Å²) in [6.45, 7) is 0.0373. The number of H-pyrrole nitrogens is 1. The maximum atomic E-state index is 10.5. The lowest BCUT2D eigenvalue weighted by molar-refractivity contribution is 1.06. The van der Waals surface area contributed by atoms with Crippen molar-refractivity contribution < 1.29 is 1.37 Å². The van der Waals surface area contributed by atoms with Crippen LogP contribution in [0.5, 0.6) is 0 Å². The summed E-state index contributed by atoms with van der Waals surface area (Å²) in [5.74, 6) is 0.138. The highest BCUT2D eigenvalue weighted by molar-refractivity contribution is 5.34. The highest BCUT2D eigenvalue weighted by Gasteiger charge is 1.91. The predicted molar refractivity (Wildman–Crippen MR) is 34.0 cm³/mol. The number of nitrogens with zero attached hydrogens (tertiary/aromatic N) is 1. The normalized spacial score (nSPS) is 10.9. The summed E-state index contributed by atoms with van der Waals surface area (Å²) in [7, 11) is 0. The smallest absolute Gasteiger partial charge is 0.346 e. The van der Waals surface area contributed by atoms with Crippen molar-refractivity contribution >= 4 is 5.82 Å². The molecular weight excluding hydrogens is 118 g/mol. The number of hydrogen-bond donors (Lipinski definition) is 2. The molecule has 0 aromatic carbocycles. The van der Waals surface area contributed by atoms with Crippen LogP contribution in [0.3, 0.4) is 0 Å². The van der Waals surface area contributed by atoms with E-state index in [1.807, 2.05) is 0 Å². The van der Waals surface area contributed by atoms with Gasteiger partial charge in [-0.15, -0.1) is 0 Å². The van der Waals surface area contributed by atoms with Crippen LogP contribution in [0.25, 0.3) is 0 Å². The van der Waals surface area contributed by atoms with Crippen molar-refractivity contribution in [2.75, 3.05) is 5.73 Å². The van der Waals surface area contributed by atoms with E-state index in [-0.39, 0.29) is 12.7 Å². The second-order valence-corrected chi connectivity index (χ2v) is 1.62. The van der Waals surface area contributed by atoms with Gasteiger partial charge in [0, 0.05) is 13.1 Å². The van der Waals surface area contributed by atoms with Gasteiger partial charge in [0.1, 0.15) is 5.82 Å². The van der Waals surface area contributed by atoms with Gasteiger partial charge in [0.05, 0.1) is 0 Å². The first-order chi connectivity index (χ1) is 4.74. The Morgan fingerprint density at radius 3 is 3.33 bits per heavy atom. The van der Waals surface area contributed by atoms with E-state index in [2.05, 4.69) is 9.97 Å². The summed E-state index contributed by atoms with van der Waals surface area (Å²) in [6, 6.07) is 0. The Balaban J connectivity index is 3.19. The monoisotopic (exact) mass is 126 g/mol. The van der Waals surface area contributed by atoms with Gasteiger partial charge in [0.25, 0.3) is 0 Å². The minimum Gasteiger partial charge on any atom is -0.383 e. The van der Waals surface area contributed by atoms with Crippen molar-refractivity contribution in [1.82, 2.24) is 9.97 Å². The number of aromatic nitrogens is 2. The van der Waals surface area contributed by atoms with Crippen LogP contribution in [0.15, 0.2) is 11.0 Å². The average Bonchev–Trinajstić information content (AvgIpc) is 1.88. The van der Waals surface area contributed by atoms with Gasteiger partial charge >= 0.3 is 5.69 Å². The minimum atomic E-state index is -0.477. The van der Waals surface area contributed by atoms with Gasteiger partial charge in [-0.3, -0.25) is 0 Å². The van der Waals surface area contributed by atoms with E-state index in [1.54, 1.807) is 0 Å². The van der Waals surface area contributed by atoms with Crippen molar-refractivity contribution in [3.05, 3.63) is 22.2 Å². The van der Waals surface area contributed by atoms with Crippen molar-refractivity contribution in [2.45, 2.75) is 6.90 Å². The van der Waals surface area contributed by atoms with E-state index in [0.29, 0.717) is 5.56 Å². The largest absolute Gasteiger partial charge is 0.383 e. The minimum absolute atomic E-state index is 0.0373. The molecule has 0 amide bonds. The quantitative estimate of drug-likeness (QED) is 0.499. The number of anilines is 1. The van der Waals surface area contributed by atoms with E-state index in [9.17, 15) is 4.79 Å². The molecule has 0 saturated carbocycles. The van der Waals surface area contributed by atoms with Crippen LogP contribution in [-0.2, 0) is 0 Å². The molecule has 9 heavy (non-hydrogen) atoms. The third-order valence-corrected chi connectivity index (χ3v) is 0.921.